The second-order valence-corrected chi connectivity index (χ2v) is 15.1. The number of nitrogens with two attached hydrogens (primary N) is 1. The van der Waals surface area contributed by atoms with Crippen LogP contribution in [0, 0.1) is 23.9 Å². The van der Waals surface area contributed by atoms with Crippen molar-refractivity contribution in [2.24, 2.45) is 22.6 Å². The van der Waals surface area contributed by atoms with Gasteiger partial charge >= 0.3 is 0 Å². The number of unbranched alkanes of at least 4 members (excludes halogenated alkanes) is 1. The SMILES string of the molecule is CN=C(N)Nc1cccc(CCCC[C@H]2C=C(CCCO)C(O)=C[C@@H]2C[C@H]2CC(=O)CCc3ccc(OC)c(c3)OCc3ccc4c(c(O)ccc4c3)CC#CO2)c1. The third-order valence-electron chi connectivity index (χ3n) is 11.0. The Bertz CT molecular complexity index is 2220. The molecule has 6 bridgehead atoms. The van der Waals surface area contributed by atoms with Gasteiger partial charge in [-0.25, -0.2) is 0 Å². The third-order valence-corrected chi connectivity index (χ3v) is 11.0. The van der Waals surface area contributed by atoms with Crippen molar-refractivity contribution in [1.82, 2.24) is 0 Å². The van der Waals surface area contributed by atoms with Gasteiger partial charge in [0, 0.05) is 44.2 Å². The fraction of sp³-hybridized carbons (Fsp3) is 0.375. The number of aliphatic hydroxyl groups is 2. The van der Waals surface area contributed by atoms with Crippen LogP contribution in [0.5, 0.6) is 17.2 Å². The Hall–Kier alpha value is -5.92. The molecule has 0 amide bonds. The summed E-state index contributed by atoms with van der Waals surface area (Å²) >= 11 is 0. The molecule has 0 aromatic heterocycles. The maximum Gasteiger partial charge on any atom is 0.192 e. The Balaban J connectivity index is 1.22. The van der Waals surface area contributed by atoms with Gasteiger partial charge in [-0.1, -0.05) is 54.8 Å². The summed E-state index contributed by atoms with van der Waals surface area (Å²) in [7, 11) is 3.25. The van der Waals surface area contributed by atoms with Crippen LogP contribution < -0.4 is 20.5 Å². The van der Waals surface area contributed by atoms with Gasteiger partial charge in [-0.2, -0.15) is 0 Å². The van der Waals surface area contributed by atoms with Crippen molar-refractivity contribution in [3.8, 4) is 29.3 Å². The number of phenolic OH excluding ortho intramolecular Hbond substituents is 1. The molecule has 0 fully saturated rings. The minimum atomic E-state index is -0.529. The van der Waals surface area contributed by atoms with Crippen LogP contribution in [0.4, 0.5) is 5.69 Å². The number of nitrogens with zero attached hydrogens (tertiary/aromatic N) is 1. The zero-order chi connectivity index (χ0) is 40.9. The molecule has 0 spiro atoms. The van der Waals surface area contributed by atoms with Gasteiger partial charge in [0.25, 0.3) is 0 Å². The Kier molecular flexibility index (Phi) is 14.7. The van der Waals surface area contributed by atoms with Crippen molar-refractivity contribution in [2.75, 3.05) is 26.1 Å². The van der Waals surface area contributed by atoms with Crippen molar-refractivity contribution in [3.63, 3.8) is 0 Å². The number of rotatable bonds is 12. The van der Waals surface area contributed by atoms with Crippen molar-refractivity contribution in [2.45, 2.75) is 83.3 Å². The fourth-order valence-corrected chi connectivity index (χ4v) is 7.86. The number of methoxy groups -OCH3 is 1. The Labute approximate surface area is 341 Å². The fourth-order valence-electron chi connectivity index (χ4n) is 7.86. The van der Waals surface area contributed by atoms with E-state index >= 15 is 0 Å². The highest BCUT2D eigenvalue weighted by atomic mass is 16.5. The maximum absolute atomic E-state index is 13.7. The molecule has 4 aromatic rings. The molecule has 0 unspecified atom stereocenters. The number of hydrogen-bond acceptors (Lipinski definition) is 8. The number of nitrogens with one attached hydrogen (secondary N) is 1. The van der Waals surface area contributed by atoms with Crippen LogP contribution in [-0.4, -0.2) is 53.9 Å². The number of anilines is 1. The molecule has 0 saturated heterocycles. The molecule has 1 aliphatic carbocycles. The van der Waals surface area contributed by atoms with Gasteiger partial charge in [-0.05, 0) is 132 Å². The molecule has 0 saturated carbocycles. The Morgan fingerprint density at radius 1 is 0.966 bits per heavy atom. The molecule has 2 heterocycles. The molecule has 4 aromatic carbocycles. The summed E-state index contributed by atoms with van der Waals surface area (Å²) in [5.74, 6) is 5.10. The molecule has 2 aliphatic heterocycles. The number of carbonyl (C=O) groups excluding carboxylic acids is 1. The van der Waals surface area contributed by atoms with Gasteiger partial charge in [-0.3, -0.25) is 9.79 Å². The average Bonchev–Trinajstić information content (AvgIpc) is 3.22. The van der Waals surface area contributed by atoms with Gasteiger partial charge in [0.2, 0.25) is 0 Å². The predicted molar refractivity (Wildman–Crippen MR) is 229 cm³/mol. The van der Waals surface area contributed by atoms with E-state index in [0.29, 0.717) is 61.7 Å². The third kappa shape index (κ3) is 11.4. The van der Waals surface area contributed by atoms with Crippen molar-refractivity contribution < 1.29 is 34.3 Å². The topological polar surface area (TPSA) is 156 Å². The van der Waals surface area contributed by atoms with E-state index in [-0.39, 0.29) is 48.6 Å². The summed E-state index contributed by atoms with van der Waals surface area (Å²) in [4.78, 5) is 17.6. The lowest BCUT2D eigenvalue weighted by molar-refractivity contribution is -0.121. The standard InChI is InChI=1S/C48H55N3O7/c1-50-48(49)51-39-12-5-9-32(25-39)8-3-4-10-35-27-37(11-6-22-52)45(55)29-38(35)28-41-30-40(53)18-14-33-16-21-46(56-2)47(26-33)58-31-34-15-19-42-36(24-34)17-20-44(54)43(42)13-7-23-57-41/h5,9,12,15-17,19-21,24-27,29,35,38,41,52,54-55H,3-4,6,8,10-11,13-14,18,22,28,30-31H2,1-2H3,(H3,49,50,51)/t35-,38-,41-/m0/s1. The first-order valence-corrected chi connectivity index (χ1v) is 20.2. The second-order valence-electron chi connectivity index (χ2n) is 15.1. The smallest absolute Gasteiger partial charge is 0.192 e. The number of aromatic hydroxyl groups is 1. The molecule has 6 N–H and O–H groups in total. The van der Waals surface area contributed by atoms with Crippen molar-refractivity contribution in [1.29, 1.82) is 0 Å². The zero-order valence-electron chi connectivity index (χ0n) is 33.5. The summed E-state index contributed by atoms with van der Waals surface area (Å²) in [5.41, 5.74) is 11.4. The number of fused-ring (bicyclic) bond motifs is 9. The number of aryl methyl sites for hydroxylation is 2. The van der Waals surface area contributed by atoms with Crippen LogP contribution in [0.3, 0.4) is 0 Å². The first kappa shape index (κ1) is 41.7. The van der Waals surface area contributed by atoms with Crippen LogP contribution >= 0.6 is 0 Å². The molecular weight excluding hydrogens is 731 g/mol. The molecule has 0 radical (unpaired) electrons. The van der Waals surface area contributed by atoms with E-state index in [1.54, 1.807) is 20.2 Å². The number of carbonyl (C=O) groups is 1. The summed E-state index contributed by atoms with van der Waals surface area (Å²) in [6.07, 6.45) is 13.0. The van der Waals surface area contributed by atoms with E-state index in [0.717, 1.165) is 58.8 Å². The largest absolute Gasteiger partial charge is 0.508 e. The molecular formula is C48H55N3O7. The van der Waals surface area contributed by atoms with E-state index < -0.39 is 6.10 Å². The zero-order valence-corrected chi connectivity index (χ0v) is 33.5. The van der Waals surface area contributed by atoms with E-state index in [1.165, 1.54) is 5.56 Å². The predicted octanol–water partition coefficient (Wildman–Crippen LogP) is 8.47. The lowest BCUT2D eigenvalue weighted by Crippen LogP contribution is -2.25. The van der Waals surface area contributed by atoms with Gasteiger partial charge in [0.15, 0.2) is 17.5 Å². The first-order valence-electron chi connectivity index (χ1n) is 20.2. The monoisotopic (exact) mass is 785 g/mol. The highest BCUT2D eigenvalue weighted by Crippen LogP contribution is 2.37. The summed E-state index contributed by atoms with van der Waals surface area (Å²) in [6.45, 7) is 0.364. The molecule has 10 nitrogen and oxygen atoms in total. The lowest BCUT2D eigenvalue weighted by atomic mass is 9.77. The van der Waals surface area contributed by atoms with Crippen LogP contribution in [0.25, 0.3) is 10.8 Å². The molecule has 7 rings (SSSR count). The van der Waals surface area contributed by atoms with Crippen LogP contribution in [0.1, 0.15) is 73.6 Å². The number of ether oxygens (including phenoxy) is 3. The number of hydrogen-bond donors (Lipinski definition) is 5. The minimum absolute atomic E-state index is 0.0432. The maximum atomic E-state index is 13.7. The van der Waals surface area contributed by atoms with Gasteiger partial charge in [0.05, 0.1) is 7.11 Å². The highest BCUT2D eigenvalue weighted by molar-refractivity contribution is 5.92. The quantitative estimate of drug-likeness (QED) is 0.0412. The number of Topliss-reactive ketones (excluding diaryl/α,β-unsaturated/α-hetero) is 1. The molecule has 3 atom stereocenters. The van der Waals surface area contributed by atoms with E-state index in [2.05, 4.69) is 40.5 Å². The van der Waals surface area contributed by atoms with E-state index in [4.69, 9.17) is 19.9 Å². The van der Waals surface area contributed by atoms with E-state index in [1.807, 2.05) is 60.7 Å². The number of aliphatic hydroxyl groups excluding tert-OH is 2. The second kappa shape index (κ2) is 20.5. The van der Waals surface area contributed by atoms with Crippen LogP contribution in [0.15, 0.2) is 101 Å². The normalized spacial score (nSPS) is 18.8. The summed E-state index contributed by atoms with van der Waals surface area (Å²) < 4.78 is 18.1. The van der Waals surface area contributed by atoms with Gasteiger partial charge in [0.1, 0.15) is 36.1 Å². The van der Waals surface area contributed by atoms with Gasteiger partial charge in [-0.15, -0.1) is 0 Å². The van der Waals surface area contributed by atoms with E-state index in [9.17, 15) is 20.1 Å². The first-order chi connectivity index (χ1) is 28.2. The number of phenols is 1. The number of allylic oxidation sites excluding steroid dienone is 3. The number of guanidine groups is 1. The van der Waals surface area contributed by atoms with Gasteiger partial charge < -0.3 is 40.6 Å². The molecule has 304 valence electrons. The summed E-state index contributed by atoms with van der Waals surface area (Å²) in [5, 5.41) is 36.5. The molecule has 3 aliphatic rings. The van der Waals surface area contributed by atoms with Crippen LogP contribution in [-0.2, 0) is 35.4 Å². The van der Waals surface area contributed by atoms with Crippen LogP contribution in [0.2, 0.25) is 0 Å². The number of benzene rings is 4. The Morgan fingerprint density at radius 2 is 1.83 bits per heavy atom. The summed E-state index contributed by atoms with van der Waals surface area (Å²) in [6, 6.07) is 23.5. The number of ketones is 1. The van der Waals surface area contributed by atoms with Crippen molar-refractivity contribution >= 4 is 28.2 Å². The van der Waals surface area contributed by atoms with Crippen molar-refractivity contribution in [3.05, 3.63) is 119 Å². The molecule has 58 heavy (non-hydrogen) atoms. The minimum Gasteiger partial charge on any atom is -0.508 e. The highest BCUT2D eigenvalue weighted by Gasteiger charge is 2.29. The Morgan fingerprint density at radius 3 is 2.66 bits per heavy atom. The number of aliphatic imine (C=N–C) groups is 1. The average molecular weight is 786 g/mol. The lowest BCUT2D eigenvalue weighted by Gasteiger charge is -2.30. The molecule has 10 heteroatoms.